The Hall–Kier alpha value is -2.66. The third kappa shape index (κ3) is 5.45. The SMILES string of the molecule is CN=C(NCCNS(=O)(=O)c1ccn(C)c1)NC1CCN(c2ncccc2F)C1. The van der Waals surface area contributed by atoms with E-state index in [1.54, 1.807) is 49.4 Å². The van der Waals surface area contributed by atoms with Crippen LogP contribution in [0.25, 0.3) is 0 Å². The van der Waals surface area contributed by atoms with Crippen molar-refractivity contribution in [1.82, 2.24) is 24.9 Å². The molecule has 3 rings (SSSR count). The molecule has 158 valence electrons. The largest absolute Gasteiger partial charge is 0.356 e. The fourth-order valence-corrected chi connectivity index (χ4v) is 4.24. The lowest BCUT2D eigenvalue weighted by Gasteiger charge is -2.20. The number of guanidine groups is 1. The summed E-state index contributed by atoms with van der Waals surface area (Å²) in [6, 6.07) is 4.61. The first-order valence-corrected chi connectivity index (χ1v) is 10.8. The standard InChI is InChI=1S/C18H26FN7O2S/c1-20-18(22-8-9-23-29(27,28)15-6-10-25(2)13-15)24-14-5-11-26(12-14)17-16(19)4-3-7-21-17/h3-4,6-7,10,13-14,23H,5,8-9,11-12H2,1-2H3,(H2,20,22,24). The highest BCUT2D eigenvalue weighted by Crippen LogP contribution is 2.20. The number of halogens is 1. The van der Waals surface area contributed by atoms with Gasteiger partial charge in [-0.3, -0.25) is 4.99 Å². The predicted molar refractivity (Wildman–Crippen MR) is 110 cm³/mol. The molecule has 3 heterocycles. The van der Waals surface area contributed by atoms with Crippen molar-refractivity contribution in [2.24, 2.45) is 12.0 Å². The van der Waals surface area contributed by atoms with Crippen LogP contribution in [0.4, 0.5) is 10.2 Å². The molecule has 0 bridgehead atoms. The van der Waals surface area contributed by atoms with E-state index in [1.807, 2.05) is 4.90 Å². The number of aliphatic imine (C=N–C) groups is 1. The van der Waals surface area contributed by atoms with Crippen LogP contribution in [0.3, 0.4) is 0 Å². The highest BCUT2D eigenvalue weighted by Gasteiger charge is 2.26. The first-order valence-electron chi connectivity index (χ1n) is 9.33. The highest BCUT2D eigenvalue weighted by atomic mass is 32.2. The van der Waals surface area contributed by atoms with Crippen molar-refractivity contribution >= 4 is 21.8 Å². The zero-order chi connectivity index (χ0) is 20.9. The fraction of sp³-hybridized carbons (Fsp3) is 0.444. The molecule has 1 aliphatic rings. The minimum absolute atomic E-state index is 0.0867. The van der Waals surface area contributed by atoms with Crippen LogP contribution >= 0.6 is 0 Å². The molecule has 0 spiro atoms. The minimum Gasteiger partial charge on any atom is -0.356 e. The lowest BCUT2D eigenvalue weighted by atomic mass is 10.3. The Morgan fingerprint density at radius 1 is 1.38 bits per heavy atom. The third-order valence-corrected chi connectivity index (χ3v) is 6.06. The Morgan fingerprint density at radius 3 is 2.90 bits per heavy atom. The van der Waals surface area contributed by atoms with Crippen molar-refractivity contribution in [3.8, 4) is 0 Å². The second-order valence-corrected chi connectivity index (χ2v) is 8.56. The maximum atomic E-state index is 13.9. The predicted octanol–water partition coefficient (Wildman–Crippen LogP) is 0.281. The Labute approximate surface area is 170 Å². The number of aryl methyl sites for hydroxylation is 1. The molecule has 2 aromatic rings. The molecule has 3 N–H and O–H groups in total. The Morgan fingerprint density at radius 2 is 2.21 bits per heavy atom. The van der Waals surface area contributed by atoms with E-state index in [4.69, 9.17) is 0 Å². The van der Waals surface area contributed by atoms with Gasteiger partial charge >= 0.3 is 0 Å². The number of hydrogen-bond donors (Lipinski definition) is 3. The van der Waals surface area contributed by atoms with Crippen molar-refractivity contribution in [3.05, 3.63) is 42.6 Å². The summed E-state index contributed by atoms with van der Waals surface area (Å²) >= 11 is 0. The molecule has 1 fully saturated rings. The molecule has 0 radical (unpaired) electrons. The summed E-state index contributed by atoms with van der Waals surface area (Å²) in [4.78, 5) is 10.4. The van der Waals surface area contributed by atoms with E-state index < -0.39 is 10.0 Å². The molecular formula is C18H26FN7O2S. The average molecular weight is 424 g/mol. The fourth-order valence-electron chi connectivity index (χ4n) is 3.15. The van der Waals surface area contributed by atoms with Gasteiger partial charge in [-0.25, -0.2) is 22.5 Å². The van der Waals surface area contributed by atoms with Crippen LogP contribution in [-0.4, -0.2) is 63.2 Å². The van der Waals surface area contributed by atoms with E-state index in [0.29, 0.717) is 31.4 Å². The molecule has 0 aromatic carbocycles. The smallest absolute Gasteiger partial charge is 0.242 e. The number of rotatable bonds is 7. The summed E-state index contributed by atoms with van der Waals surface area (Å²) in [5.41, 5.74) is 0. The van der Waals surface area contributed by atoms with Gasteiger partial charge in [0, 0.05) is 64.9 Å². The zero-order valence-corrected chi connectivity index (χ0v) is 17.3. The second kappa shape index (κ2) is 9.23. The summed E-state index contributed by atoms with van der Waals surface area (Å²) in [7, 11) is -0.115. The molecule has 0 saturated carbocycles. The normalized spacial score (nSPS) is 17.6. The molecule has 1 aliphatic heterocycles. The van der Waals surface area contributed by atoms with E-state index in [0.717, 1.165) is 6.42 Å². The van der Waals surface area contributed by atoms with Crippen LogP contribution in [0, 0.1) is 5.82 Å². The van der Waals surface area contributed by atoms with Crippen molar-refractivity contribution in [2.75, 3.05) is 38.1 Å². The molecule has 29 heavy (non-hydrogen) atoms. The van der Waals surface area contributed by atoms with E-state index in [9.17, 15) is 12.8 Å². The van der Waals surface area contributed by atoms with Gasteiger partial charge in [0.2, 0.25) is 10.0 Å². The van der Waals surface area contributed by atoms with Crippen molar-refractivity contribution < 1.29 is 12.8 Å². The first kappa shape index (κ1) is 21.1. The van der Waals surface area contributed by atoms with Crippen LogP contribution in [-0.2, 0) is 17.1 Å². The summed E-state index contributed by atoms with van der Waals surface area (Å²) in [6.45, 7) is 1.89. The van der Waals surface area contributed by atoms with Crippen LogP contribution in [0.1, 0.15) is 6.42 Å². The Bertz CT molecular complexity index is 961. The van der Waals surface area contributed by atoms with E-state index >= 15 is 0 Å². The molecule has 1 unspecified atom stereocenters. The molecular weight excluding hydrogens is 397 g/mol. The Kier molecular flexibility index (Phi) is 6.70. The van der Waals surface area contributed by atoms with E-state index in [1.165, 1.54) is 6.07 Å². The number of nitrogens with one attached hydrogen (secondary N) is 3. The van der Waals surface area contributed by atoms with Crippen LogP contribution in [0.2, 0.25) is 0 Å². The maximum Gasteiger partial charge on any atom is 0.242 e. The van der Waals surface area contributed by atoms with Crippen molar-refractivity contribution in [3.63, 3.8) is 0 Å². The van der Waals surface area contributed by atoms with Gasteiger partial charge in [0.15, 0.2) is 17.6 Å². The lowest BCUT2D eigenvalue weighted by Crippen LogP contribution is -2.46. The summed E-state index contributed by atoms with van der Waals surface area (Å²) in [5.74, 6) is 0.591. The third-order valence-electron chi connectivity index (χ3n) is 4.62. The van der Waals surface area contributed by atoms with Gasteiger partial charge in [-0.15, -0.1) is 0 Å². The summed E-state index contributed by atoms with van der Waals surface area (Å²) < 4.78 is 42.5. The van der Waals surface area contributed by atoms with Crippen molar-refractivity contribution in [1.29, 1.82) is 0 Å². The van der Waals surface area contributed by atoms with Crippen LogP contribution in [0.15, 0.2) is 46.7 Å². The first-order chi connectivity index (χ1) is 13.9. The molecule has 0 amide bonds. The topological polar surface area (TPSA) is 104 Å². The highest BCUT2D eigenvalue weighted by molar-refractivity contribution is 7.89. The molecule has 0 aliphatic carbocycles. The number of aromatic nitrogens is 2. The molecule has 2 aromatic heterocycles. The lowest BCUT2D eigenvalue weighted by molar-refractivity contribution is 0.579. The van der Waals surface area contributed by atoms with Crippen molar-refractivity contribution in [2.45, 2.75) is 17.4 Å². The summed E-state index contributed by atoms with van der Waals surface area (Å²) in [5, 5.41) is 6.37. The second-order valence-electron chi connectivity index (χ2n) is 6.79. The van der Waals surface area contributed by atoms with E-state index in [-0.39, 0.29) is 23.3 Å². The number of pyridine rings is 1. The molecule has 1 saturated heterocycles. The average Bonchev–Trinajstić information content (AvgIpc) is 3.34. The summed E-state index contributed by atoms with van der Waals surface area (Å²) in [6.07, 6.45) is 5.63. The van der Waals surface area contributed by atoms with Gasteiger partial charge in [0.25, 0.3) is 0 Å². The van der Waals surface area contributed by atoms with Crippen LogP contribution < -0.4 is 20.3 Å². The van der Waals surface area contributed by atoms with Gasteiger partial charge in [-0.1, -0.05) is 0 Å². The number of nitrogens with zero attached hydrogens (tertiary/aromatic N) is 4. The number of sulfonamides is 1. The zero-order valence-electron chi connectivity index (χ0n) is 16.5. The maximum absolute atomic E-state index is 13.9. The minimum atomic E-state index is -3.53. The Balaban J connectivity index is 1.44. The monoisotopic (exact) mass is 423 g/mol. The van der Waals surface area contributed by atoms with Gasteiger partial charge < -0.3 is 20.1 Å². The number of hydrogen-bond acceptors (Lipinski definition) is 5. The van der Waals surface area contributed by atoms with Gasteiger partial charge in [0.05, 0.1) is 4.90 Å². The quantitative estimate of drug-likeness (QED) is 0.336. The molecule has 9 nitrogen and oxygen atoms in total. The van der Waals surface area contributed by atoms with Crippen LogP contribution in [0.5, 0.6) is 0 Å². The van der Waals surface area contributed by atoms with Gasteiger partial charge in [-0.2, -0.15) is 0 Å². The molecule has 11 heteroatoms. The number of anilines is 1. The van der Waals surface area contributed by atoms with Gasteiger partial charge in [-0.05, 0) is 24.6 Å². The van der Waals surface area contributed by atoms with E-state index in [2.05, 4.69) is 25.3 Å². The van der Waals surface area contributed by atoms with Gasteiger partial charge in [0.1, 0.15) is 0 Å². The molecule has 1 atom stereocenters.